The summed E-state index contributed by atoms with van der Waals surface area (Å²) in [6, 6.07) is 6.77. The van der Waals surface area contributed by atoms with Crippen LogP contribution < -0.4 is 9.44 Å². The Hall–Kier alpha value is -2.78. The molecule has 0 fully saturated rings. The van der Waals surface area contributed by atoms with E-state index in [0.717, 1.165) is 23.8 Å². The minimum Gasteiger partial charge on any atom is -0.392 e. The number of halogens is 1. The van der Waals surface area contributed by atoms with Gasteiger partial charge in [-0.05, 0) is 59.5 Å². The number of aliphatic hydroxyl groups excluding tert-OH is 1. The van der Waals surface area contributed by atoms with Crippen LogP contribution in [0.5, 0.6) is 0 Å². The third kappa shape index (κ3) is 4.72. The van der Waals surface area contributed by atoms with E-state index in [0.29, 0.717) is 16.8 Å². The van der Waals surface area contributed by atoms with Crippen molar-refractivity contribution in [2.75, 3.05) is 7.05 Å². The summed E-state index contributed by atoms with van der Waals surface area (Å²) in [5.74, 6) is -1.09. The predicted molar refractivity (Wildman–Crippen MR) is 124 cm³/mol. The van der Waals surface area contributed by atoms with Crippen molar-refractivity contribution in [3.63, 3.8) is 0 Å². The second kappa shape index (κ2) is 9.46. The highest BCUT2D eigenvalue weighted by molar-refractivity contribution is 7.90. The molecule has 11 heteroatoms. The smallest absolute Gasteiger partial charge is 0.261 e. The van der Waals surface area contributed by atoms with Crippen LogP contribution in [0.2, 0.25) is 0 Å². The van der Waals surface area contributed by atoms with Gasteiger partial charge in [0.25, 0.3) is 10.0 Å². The Morgan fingerprint density at radius 3 is 2.44 bits per heavy atom. The van der Waals surface area contributed by atoms with E-state index in [1.54, 1.807) is 6.08 Å². The fourth-order valence-corrected chi connectivity index (χ4v) is 6.27. The zero-order valence-corrected chi connectivity index (χ0v) is 20.8. The average Bonchev–Trinajstić information content (AvgIpc) is 2.77. The minimum absolute atomic E-state index is 0.0418. The second-order valence-corrected chi connectivity index (χ2v) is 11.9. The molecule has 0 aliphatic heterocycles. The molecule has 0 spiro atoms. The van der Waals surface area contributed by atoms with Crippen LogP contribution in [0.25, 0.3) is 0 Å². The lowest BCUT2D eigenvalue weighted by Crippen LogP contribution is -2.28. The maximum Gasteiger partial charge on any atom is 0.261 e. The van der Waals surface area contributed by atoms with Crippen molar-refractivity contribution < 1.29 is 26.3 Å². The molecular weight excluding hydrogens is 481 g/mol. The van der Waals surface area contributed by atoms with Gasteiger partial charge in [0, 0.05) is 18.0 Å². The lowest BCUT2D eigenvalue weighted by Gasteiger charge is -2.27. The van der Waals surface area contributed by atoms with E-state index >= 15 is 0 Å². The average molecular weight is 508 g/mol. The van der Waals surface area contributed by atoms with Crippen LogP contribution in [0, 0.1) is 17.1 Å². The summed E-state index contributed by atoms with van der Waals surface area (Å²) in [4.78, 5) is -0.442. The molecule has 0 amide bonds. The fourth-order valence-electron chi connectivity index (χ4n) is 4.19. The maximum atomic E-state index is 15.0. The fraction of sp³-hybridized carbons (Fsp3) is 0.348. The first-order valence-corrected chi connectivity index (χ1v) is 13.5. The first-order chi connectivity index (χ1) is 15.9. The number of rotatable bonds is 7. The van der Waals surface area contributed by atoms with Gasteiger partial charge in [-0.1, -0.05) is 26.8 Å². The quantitative estimate of drug-likeness (QED) is 0.527. The van der Waals surface area contributed by atoms with Crippen molar-refractivity contribution in [3.8, 4) is 6.07 Å². The van der Waals surface area contributed by atoms with Crippen molar-refractivity contribution in [1.82, 2.24) is 9.44 Å². The van der Waals surface area contributed by atoms with Gasteiger partial charge in [0.15, 0.2) is 0 Å². The van der Waals surface area contributed by atoms with Gasteiger partial charge in [-0.15, -0.1) is 0 Å². The lowest BCUT2D eigenvalue weighted by molar-refractivity contribution is 0.278. The largest absolute Gasteiger partial charge is 0.392 e. The molecule has 1 aliphatic rings. The second-order valence-electron chi connectivity index (χ2n) is 8.38. The Labute approximate surface area is 199 Å². The first kappa shape index (κ1) is 25.8. The summed E-state index contributed by atoms with van der Waals surface area (Å²) in [6.07, 6.45) is 1.82. The number of nitrogens with zero attached hydrogens (tertiary/aromatic N) is 1. The zero-order chi connectivity index (χ0) is 25.4. The number of fused-ring (bicyclic) bond motifs is 1. The molecule has 0 saturated carbocycles. The zero-order valence-electron chi connectivity index (χ0n) is 19.2. The minimum atomic E-state index is -4.13. The van der Waals surface area contributed by atoms with Gasteiger partial charge < -0.3 is 5.11 Å². The molecule has 0 saturated heterocycles. The highest BCUT2D eigenvalue weighted by atomic mass is 32.2. The number of aliphatic hydroxyl groups is 1. The predicted octanol–water partition coefficient (Wildman–Crippen LogP) is 2.74. The Bertz CT molecular complexity index is 1430. The van der Waals surface area contributed by atoms with Crippen LogP contribution in [0.15, 0.2) is 45.8 Å². The summed E-state index contributed by atoms with van der Waals surface area (Å²) >= 11 is 0. The standard InChI is InChI=1S/C23H26FN3O5S2/c1-13(2)22-20-10-17(7-14(3)19(20)9-15(11-25)23(22)24)27-33(29,30)18-5-6-21(16(8-18)12-28)34(31,32)26-4/h5-9,13-14,26-28H,10,12H2,1-4H3. The van der Waals surface area contributed by atoms with Crippen molar-refractivity contribution in [2.24, 2.45) is 0 Å². The first-order valence-electron chi connectivity index (χ1n) is 10.5. The Morgan fingerprint density at radius 2 is 1.88 bits per heavy atom. The maximum absolute atomic E-state index is 15.0. The molecule has 3 rings (SSSR count). The summed E-state index contributed by atoms with van der Waals surface area (Å²) in [6.45, 7) is 4.77. The number of allylic oxidation sites excluding steroid dienone is 2. The monoisotopic (exact) mass is 507 g/mol. The number of nitrogens with one attached hydrogen (secondary N) is 2. The van der Waals surface area contributed by atoms with Crippen molar-refractivity contribution in [3.05, 3.63) is 69.7 Å². The summed E-state index contributed by atoms with van der Waals surface area (Å²) in [7, 11) is -6.81. The Kier molecular flexibility index (Phi) is 7.19. The van der Waals surface area contributed by atoms with Crippen molar-refractivity contribution in [2.45, 2.75) is 55.4 Å². The van der Waals surface area contributed by atoms with E-state index in [1.165, 1.54) is 13.1 Å². The number of hydrogen-bond acceptors (Lipinski definition) is 6. The molecule has 0 aromatic heterocycles. The summed E-state index contributed by atoms with van der Waals surface area (Å²) in [5, 5.41) is 18.9. The number of nitriles is 1. The van der Waals surface area contributed by atoms with E-state index in [9.17, 15) is 31.6 Å². The molecule has 1 aliphatic carbocycles. The van der Waals surface area contributed by atoms with Gasteiger partial charge in [0.1, 0.15) is 11.9 Å². The van der Waals surface area contributed by atoms with Gasteiger partial charge in [-0.25, -0.2) is 25.9 Å². The summed E-state index contributed by atoms with van der Waals surface area (Å²) in [5.41, 5.74) is 2.03. The van der Waals surface area contributed by atoms with Gasteiger partial charge >= 0.3 is 0 Å². The van der Waals surface area contributed by atoms with E-state index in [2.05, 4.69) is 9.44 Å². The van der Waals surface area contributed by atoms with Crippen LogP contribution >= 0.6 is 0 Å². The van der Waals surface area contributed by atoms with Crippen LogP contribution in [0.1, 0.15) is 60.4 Å². The molecule has 182 valence electrons. The van der Waals surface area contributed by atoms with Gasteiger partial charge in [-0.3, -0.25) is 4.72 Å². The van der Waals surface area contributed by atoms with Gasteiger partial charge in [0.2, 0.25) is 10.0 Å². The van der Waals surface area contributed by atoms with Crippen molar-refractivity contribution in [1.29, 1.82) is 5.26 Å². The highest BCUT2D eigenvalue weighted by Gasteiger charge is 2.28. The molecule has 8 nitrogen and oxygen atoms in total. The van der Waals surface area contributed by atoms with Crippen LogP contribution in [0.3, 0.4) is 0 Å². The number of hydrogen-bond donors (Lipinski definition) is 3. The Balaban J connectivity index is 2.01. The third-order valence-corrected chi connectivity index (χ3v) is 8.71. The normalized spacial score (nSPS) is 16.1. The molecule has 0 bridgehead atoms. The third-order valence-electron chi connectivity index (χ3n) is 5.79. The molecule has 3 N–H and O–H groups in total. The van der Waals surface area contributed by atoms with E-state index in [4.69, 9.17) is 0 Å². The molecular formula is C23H26FN3O5S2. The van der Waals surface area contributed by atoms with Crippen LogP contribution in [0.4, 0.5) is 4.39 Å². The van der Waals surface area contributed by atoms with E-state index in [1.807, 2.05) is 26.8 Å². The number of sulfonamides is 2. The number of benzene rings is 2. The van der Waals surface area contributed by atoms with Gasteiger partial charge in [-0.2, -0.15) is 5.26 Å². The van der Waals surface area contributed by atoms with Crippen LogP contribution in [-0.4, -0.2) is 29.0 Å². The lowest BCUT2D eigenvalue weighted by atomic mass is 9.80. The molecule has 2 aromatic rings. The van der Waals surface area contributed by atoms with Crippen LogP contribution in [-0.2, 0) is 33.1 Å². The topological polar surface area (TPSA) is 136 Å². The molecule has 0 heterocycles. The summed E-state index contributed by atoms with van der Waals surface area (Å²) < 4.78 is 70.0. The van der Waals surface area contributed by atoms with E-state index < -0.39 is 32.5 Å². The SMILES string of the molecule is CNS(=O)(=O)c1ccc(S(=O)(=O)NC2=CC(C)c3cc(C#N)c(F)c(C(C)C)c3C2)cc1CO. The van der Waals surface area contributed by atoms with E-state index in [-0.39, 0.29) is 39.2 Å². The molecule has 34 heavy (non-hydrogen) atoms. The highest BCUT2D eigenvalue weighted by Crippen LogP contribution is 2.37. The molecule has 1 unspecified atom stereocenters. The van der Waals surface area contributed by atoms with Crippen molar-refractivity contribution >= 4 is 20.0 Å². The Morgan fingerprint density at radius 1 is 1.21 bits per heavy atom. The molecule has 0 radical (unpaired) electrons. The molecule has 2 aromatic carbocycles. The molecule has 1 atom stereocenters. The van der Waals surface area contributed by atoms with Gasteiger partial charge in [0.05, 0.1) is 22.0 Å².